The van der Waals surface area contributed by atoms with Crippen LogP contribution in [0, 0.1) is 19.8 Å². The fraction of sp³-hybridized carbons (Fsp3) is 0.588. The summed E-state index contributed by atoms with van der Waals surface area (Å²) in [5.74, 6) is 0.690. The van der Waals surface area contributed by atoms with Gasteiger partial charge in [-0.1, -0.05) is 12.1 Å². The van der Waals surface area contributed by atoms with E-state index in [1.54, 1.807) is 4.90 Å². The van der Waals surface area contributed by atoms with Crippen molar-refractivity contribution in [3.8, 4) is 0 Å². The van der Waals surface area contributed by atoms with Gasteiger partial charge in [-0.25, -0.2) is 4.79 Å². The molecule has 1 heterocycles. The second kappa shape index (κ2) is 7.46. The lowest BCUT2D eigenvalue weighted by Gasteiger charge is -2.25. The van der Waals surface area contributed by atoms with Crippen molar-refractivity contribution < 1.29 is 9.53 Å². The summed E-state index contributed by atoms with van der Waals surface area (Å²) in [5.41, 5.74) is 3.22. The second-order valence-electron chi connectivity index (χ2n) is 5.94. The number of hydrogen-bond donors (Lipinski definition) is 1. The summed E-state index contributed by atoms with van der Waals surface area (Å²) in [4.78, 5) is 14.0. The van der Waals surface area contributed by atoms with Crippen molar-refractivity contribution in [2.75, 3.05) is 32.1 Å². The Morgan fingerprint density at radius 1 is 1.33 bits per heavy atom. The maximum atomic E-state index is 12.2. The molecule has 2 amide bonds. The quantitative estimate of drug-likeness (QED) is 0.921. The SMILES string of the molecule is Cc1cccc(NC(=O)N(C)CCC2CCOCC2)c1C. The zero-order chi connectivity index (χ0) is 15.2. The minimum atomic E-state index is -0.0317. The number of anilines is 1. The van der Waals surface area contributed by atoms with Gasteiger partial charge in [0.25, 0.3) is 0 Å². The van der Waals surface area contributed by atoms with Gasteiger partial charge in [-0.15, -0.1) is 0 Å². The molecule has 1 fully saturated rings. The smallest absolute Gasteiger partial charge is 0.321 e. The summed E-state index contributed by atoms with van der Waals surface area (Å²) in [7, 11) is 1.86. The van der Waals surface area contributed by atoms with Crippen LogP contribution < -0.4 is 5.32 Å². The Morgan fingerprint density at radius 3 is 2.76 bits per heavy atom. The van der Waals surface area contributed by atoms with Crippen molar-refractivity contribution in [3.05, 3.63) is 29.3 Å². The molecule has 0 unspecified atom stereocenters. The first kappa shape index (κ1) is 15.8. The van der Waals surface area contributed by atoms with Crippen molar-refractivity contribution in [2.24, 2.45) is 5.92 Å². The lowest BCUT2D eigenvalue weighted by Crippen LogP contribution is -2.33. The molecule has 2 rings (SSSR count). The van der Waals surface area contributed by atoms with Crippen molar-refractivity contribution in [3.63, 3.8) is 0 Å². The molecular weight excluding hydrogens is 264 g/mol. The Hall–Kier alpha value is -1.55. The zero-order valence-electron chi connectivity index (χ0n) is 13.3. The predicted octanol–water partition coefficient (Wildman–Crippen LogP) is 3.58. The lowest BCUT2D eigenvalue weighted by molar-refractivity contribution is 0.0621. The van der Waals surface area contributed by atoms with Gasteiger partial charge in [-0.3, -0.25) is 0 Å². The van der Waals surface area contributed by atoms with Crippen LogP contribution in [0.2, 0.25) is 0 Å². The maximum Gasteiger partial charge on any atom is 0.321 e. The highest BCUT2D eigenvalue weighted by molar-refractivity contribution is 5.90. The van der Waals surface area contributed by atoms with Crippen molar-refractivity contribution in [1.29, 1.82) is 0 Å². The third kappa shape index (κ3) is 4.46. The highest BCUT2D eigenvalue weighted by Gasteiger charge is 2.16. The third-order valence-corrected chi connectivity index (χ3v) is 4.41. The Kier molecular flexibility index (Phi) is 5.62. The highest BCUT2D eigenvalue weighted by Crippen LogP contribution is 2.20. The minimum Gasteiger partial charge on any atom is -0.381 e. The van der Waals surface area contributed by atoms with Crippen LogP contribution in [-0.2, 0) is 4.74 Å². The molecular formula is C17H26N2O2. The monoisotopic (exact) mass is 290 g/mol. The Morgan fingerprint density at radius 2 is 2.05 bits per heavy atom. The van der Waals surface area contributed by atoms with Gasteiger partial charge in [0.15, 0.2) is 0 Å². The summed E-state index contributed by atoms with van der Waals surface area (Å²) in [6.45, 7) is 6.61. The summed E-state index contributed by atoms with van der Waals surface area (Å²) in [6.07, 6.45) is 3.29. The number of hydrogen-bond acceptors (Lipinski definition) is 2. The molecule has 1 saturated heterocycles. The molecule has 4 nitrogen and oxygen atoms in total. The minimum absolute atomic E-state index is 0.0317. The van der Waals surface area contributed by atoms with Crippen LogP contribution in [-0.4, -0.2) is 37.7 Å². The number of carbonyl (C=O) groups is 1. The van der Waals surface area contributed by atoms with Crippen LogP contribution in [0.15, 0.2) is 18.2 Å². The van der Waals surface area contributed by atoms with Crippen molar-refractivity contribution in [1.82, 2.24) is 4.90 Å². The van der Waals surface area contributed by atoms with Crippen LogP contribution in [0.4, 0.5) is 10.5 Å². The topological polar surface area (TPSA) is 41.6 Å². The predicted molar refractivity (Wildman–Crippen MR) is 85.7 cm³/mol. The molecule has 0 radical (unpaired) electrons. The Bertz CT molecular complexity index is 482. The summed E-state index contributed by atoms with van der Waals surface area (Å²) in [6, 6.07) is 5.95. The summed E-state index contributed by atoms with van der Waals surface area (Å²) >= 11 is 0. The normalized spacial score (nSPS) is 15.8. The van der Waals surface area contributed by atoms with Gasteiger partial charge in [-0.2, -0.15) is 0 Å². The van der Waals surface area contributed by atoms with E-state index in [1.165, 1.54) is 5.56 Å². The molecule has 1 aliphatic rings. The fourth-order valence-electron chi connectivity index (χ4n) is 2.61. The van der Waals surface area contributed by atoms with E-state index in [1.807, 2.05) is 26.1 Å². The zero-order valence-corrected chi connectivity index (χ0v) is 13.3. The van der Waals surface area contributed by atoms with Crippen LogP contribution in [0.25, 0.3) is 0 Å². The van der Waals surface area contributed by atoms with Gasteiger partial charge < -0.3 is 15.0 Å². The lowest BCUT2D eigenvalue weighted by atomic mass is 9.96. The molecule has 1 aromatic carbocycles. The standard InChI is InChI=1S/C17H26N2O2/c1-13-5-4-6-16(14(13)2)18-17(20)19(3)10-7-15-8-11-21-12-9-15/h4-6,15H,7-12H2,1-3H3,(H,18,20). The fourth-order valence-corrected chi connectivity index (χ4v) is 2.61. The van der Waals surface area contributed by atoms with Crippen molar-refractivity contribution in [2.45, 2.75) is 33.1 Å². The van der Waals surface area contributed by atoms with Gasteiger partial charge >= 0.3 is 6.03 Å². The molecule has 0 aromatic heterocycles. The first-order valence-electron chi connectivity index (χ1n) is 7.74. The van der Waals surface area contributed by atoms with E-state index in [-0.39, 0.29) is 6.03 Å². The van der Waals surface area contributed by atoms with E-state index in [4.69, 9.17) is 4.74 Å². The van der Waals surface area contributed by atoms with E-state index in [2.05, 4.69) is 18.3 Å². The average molecular weight is 290 g/mol. The van der Waals surface area contributed by atoms with Crippen LogP contribution in [0.3, 0.4) is 0 Å². The number of benzene rings is 1. The molecule has 4 heteroatoms. The number of ether oxygens (including phenoxy) is 1. The second-order valence-corrected chi connectivity index (χ2v) is 5.94. The molecule has 0 spiro atoms. The molecule has 0 saturated carbocycles. The Balaban J connectivity index is 1.83. The largest absolute Gasteiger partial charge is 0.381 e. The van der Waals surface area contributed by atoms with Gasteiger partial charge in [0, 0.05) is 32.5 Å². The summed E-state index contributed by atoms with van der Waals surface area (Å²) in [5, 5.41) is 3.00. The number of amides is 2. The molecule has 1 aromatic rings. The van der Waals surface area contributed by atoms with Gasteiger partial charge in [-0.05, 0) is 56.2 Å². The summed E-state index contributed by atoms with van der Waals surface area (Å²) < 4.78 is 5.36. The first-order chi connectivity index (χ1) is 10.1. The van der Waals surface area contributed by atoms with E-state index in [9.17, 15) is 4.79 Å². The average Bonchev–Trinajstić information content (AvgIpc) is 2.50. The van der Waals surface area contributed by atoms with E-state index < -0.39 is 0 Å². The van der Waals surface area contributed by atoms with E-state index in [0.29, 0.717) is 5.92 Å². The Labute approximate surface area is 127 Å². The molecule has 1 aliphatic heterocycles. The van der Waals surface area contributed by atoms with Gasteiger partial charge in [0.05, 0.1) is 0 Å². The third-order valence-electron chi connectivity index (χ3n) is 4.41. The molecule has 0 atom stereocenters. The molecule has 0 bridgehead atoms. The molecule has 0 aliphatic carbocycles. The maximum absolute atomic E-state index is 12.2. The number of carbonyl (C=O) groups excluding carboxylic acids is 1. The first-order valence-corrected chi connectivity index (χ1v) is 7.74. The van der Waals surface area contributed by atoms with Gasteiger partial charge in [0.2, 0.25) is 0 Å². The van der Waals surface area contributed by atoms with Gasteiger partial charge in [0.1, 0.15) is 0 Å². The number of urea groups is 1. The molecule has 21 heavy (non-hydrogen) atoms. The number of nitrogens with zero attached hydrogens (tertiary/aromatic N) is 1. The molecule has 1 N–H and O–H groups in total. The van der Waals surface area contributed by atoms with Crippen LogP contribution >= 0.6 is 0 Å². The van der Waals surface area contributed by atoms with Crippen LogP contribution in [0.5, 0.6) is 0 Å². The van der Waals surface area contributed by atoms with E-state index in [0.717, 1.165) is 50.3 Å². The highest BCUT2D eigenvalue weighted by atomic mass is 16.5. The van der Waals surface area contributed by atoms with Crippen molar-refractivity contribution >= 4 is 11.7 Å². The van der Waals surface area contributed by atoms with E-state index >= 15 is 0 Å². The number of rotatable bonds is 4. The number of nitrogens with one attached hydrogen (secondary N) is 1. The molecule has 116 valence electrons. The van der Waals surface area contributed by atoms with Crippen LogP contribution in [0.1, 0.15) is 30.4 Å². The number of aryl methyl sites for hydroxylation is 1.